The number of rotatable bonds is 7. The van der Waals surface area contributed by atoms with E-state index in [0.29, 0.717) is 24.9 Å². The van der Waals surface area contributed by atoms with Gasteiger partial charge >= 0.3 is 0 Å². The van der Waals surface area contributed by atoms with E-state index >= 15 is 0 Å². The van der Waals surface area contributed by atoms with Gasteiger partial charge in [0, 0.05) is 17.5 Å². The van der Waals surface area contributed by atoms with Crippen LogP contribution in [0.25, 0.3) is 0 Å². The summed E-state index contributed by atoms with van der Waals surface area (Å²) < 4.78 is 35.8. The van der Waals surface area contributed by atoms with Crippen LogP contribution in [0.2, 0.25) is 0 Å². The summed E-state index contributed by atoms with van der Waals surface area (Å²) in [6.45, 7) is 3.64. The predicted molar refractivity (Wildman–Crippen MR) is 127 cm³/mol. The van der Waals surface area contributed by atoms with Gasteiger partial charge in [0.2, 0.25) is 11.6 Å². The summed E-state index contributed by atoms with van der Waals surface area (Å²) in [4.78, 5) is 14.1. The van der Waals surface area contributed by atoms with Crippen molar-refractivity contribution >= 4 is 11.8 Å². The molecular weight excluding hydrogens is 436 g/mol. The number of hydrazone groups is 1. The fourth-order valence-corrected chi connectivity index (χ4v) is 4.22. The molecule has 4 rings (SSSR count). The highest BCUT2D eigenvalue weighted by atomic mass is 19.1. The minimum Gasteiger partial charge on any atom is -0.443 e. The van der Waals surface area contributed by atoms with Crippen molar-refractivity contribution in [2.75, 3.05) is 6.54 Å². The number of carbonyl (C=O) groups is 1. The van der Waals surface area contributed by atoms with Crippen LogP contribution >= 0.6 is 0 Å². The Labute approximate surface area is 197 Å². The standard InChI is InChI=1S/C27H27F2N3O2/c1-26(2,21-14-7-9-16-23(21)29)25(33)32-27(17-10-18-30,19-11-4-3-5-12-19)34-24(31-32)20-13-6-8-15-22(20)28/h3-9,11-16H,10,17-18,30H2,1-2H3. The summed E-state index contributed by atoms with van der Waals surface area (Å²) in [5.74, 6) is -1.52. The summed E-state index contributed by atoms with van der Waals surface area (Å²) in [6, 6.07) is 21.4. The minimum atomic E-state index is -1.36. The summed E-state index contributed by atoms with van der Waals surface area (Å²) >= 11 is 0. The van der Waals surface area contributed by atoms with Crippen molar-refractivity contribution in [2.24, 2.45) is 10.8 Å². The molecule has 1 aliphatic heterocycles. The molecule has 3 aromatic carbocycles. The van der Waals surface area contributed by atoms with Crippen LogP contribution in [0.15, 0.2) is 84.0 Å². The van der Waals surface area contributed by atoms with Gasteiger partial charge in [-0.2, -0.15) is 5.01 Å². The number of hydrogen-bond donors (Lipinski definition) is 1. The number of benzene rings is 3. The predicted octanol–water partition coefficient (Wildman–Crippen LogP) is 5.05. The van der Waals surface area contributed by atoms with E-state index in [9.17, 15) is 13.6 Å². The molecule has 2 N–H and O–H groups in total. The van der Waals surface area contributed by atoms with Crippen LogP contribution in [-0.2, 0) is 20.7 Å². The Kier molecular flexibility index (Phi) is 6.48. The van der Waals surface area contributed by atoms with E-state index in [0.717, 1.165) is 0 Å². The minimum absolute atomic E-state index is 0.0170. The lowest BCUT2D eigenvalue weighted by Gasteiger charge is -2.39. The summed E-state index contributed by atoms with van der Waals surface area (Å²) in [5.41, 5.74) is 4.21. The van der Waals surface area contributed by atoms with Crippen LogP contribution in [0.1, 0.15) is 43.4 Å². The highest BCUT2D eigenvalue weighted by molar-refractivity contribution is 5.98. The van der Waals surface area contributed by atoms with Gasteiger partial charge < -0.3 is 10.5 Å². The van der Waals surface area contributed by atoms with Gasteiger partial charge in [-0.3, -0.25) is 4.79 Å². The van der Waals surface area contributed by atoms with E-state index in [1.165, 1.54) is 17.1 Å². The average Bonchev–Trinajstić information content (AvgIpc) is 3.23. The zero-order valence-electron chi connectivity index (χ0n) is 19.2. The van der Waals surface area contributed by atoms with Crippen molar-refractivity contribution < 1.29 is 18.3 Å². The van der Waals surface area contributed by atoms with Crippen LogP contribution in [0.5, 0.6) is 0 Å². The molecule has 1 heterocycles. The number of nitrogens with zero attached hydrogens (tertiary/aromatic N) is 2. The van der Waals surface area contributed by atoms with Crippen LogP contribution in [-0.4, -0.2) is 23.4 Å². The van der Waals surface area contributed by atoms with E-state index in [2.05, 4.69) is 5.10 Å². The van der Waals surface area contributed by atoms with Crippen molar-refractivity contribution in [2.45, 2.75) is 37.8 Å². The van der Waals surface area contributed by atoms with E-state index in [-0.39, 0.29) is 17.0 Å². The van der Waals surface area contributed by atoms with Crippen molar-refractivity contribution in [3.8, 4) is 0 Å². The zero-order chi connectivity index (χ0) is 24.3. The summed E-state index contributed by atoms with van der Waals surface area (Å²) in [5, 5.41) is 5.74. The lowest BCUT2D eigenvalue weighted by atomic mass is 9.82. The third-order valence-corrected chi connectivity index (χ3v) is 6.12. The van der Waals surface area contributed by atoms with Crippen molar-refractivity contribution in [1.29, 1.82) is 0 Å². The molecule has 0 fully saturated rings. The molecule has 0 radical (unpaired) electrons. The number of nitrogens with two attached hydrogens (primary N) is 1. The first-order valence-corrected chi connectivity index (χ1v) is 11.2. The number of ether oxygens (including phenoxy) is 1. The quantitative estimate of drug-likeness (QED) is 0.533. The molecule has 7 heteroatoms. The number of halogens is 2. The first kappa shape index (κ1) is 23.6. The van der Waals surface area contributed by atoms with E-state index in [1.807, 2.05) is 30.3 Å². The second kappa shape index (κ2) is 9.35. The maximum Gasteiger partial charge on any atom is 0.256 e. The smallest absolute Gasteiger partial charge is 0.256 e. The summed E-state index contributed by atoms with van der Waals surface area (Å²) in [6.07, 6.45) is 0.826. The van der Waals surface area contributed by atoms with Gasteiger partial charge in [0.05, 0.1) is 11.0 Å². The molecule has 3 aromatic rings. The summed E-state index contributed by atoms with van der Waals surface area (Å²) in [7, 11) is 0. The lowest BCUT2D eigenvalue weighted by Crippen LogP contribution is -2.51. The maximum absolute atomic E-state index is 14.7. The van der Waals surface area contributed by atoms with Crippen LogP contribution < -0.4 is 5.73 Å². The molecule has 0 bridgehead atoms. The first-order valence-electron chi connectivity index (χ1n) is 11.2. The Bertz CT molecular complexity index is 1210. The SMILES string of the molecule is CC(C)(C(=O)N1N=C(c2ccccc2F)OC1(CCCN)c1ccccc1)c1ccccc1F. The molecule has 0 aliphatic carbocycles. The normalized spacial score (nSPS) is 17.9. The van der Waals surface area contributed by atoms with E-state index < -0.39 is 28.7 Å². The lowest BCUT2D eigenvalue weighted by molar-refractivity contribution is -0.158. The fraction of sp³-hybridized carbons (Fsp3) is 0.259. The van der Waals surface area contributed by atoms with Crippen molar-refractivity contribution in [3.05, 3.63) is 107 Å². The average molecular weight is 464 g/mol. The van der Waals surface area contributed by atoms with Crippen LogP contribution in [0.3, 0.4) is 0 Å². The zero-order valence-corrected chi connectivity index (χ0v) is 19.2. The first-order chi connectivity index (χ1) is 16.3. The second-order valence-corrected chi connectivity index (χ2v) is 8.75. The number of amides is 1. The molecule has 1 aliphatic rings. The van der Waals surface area contributed by atoms with Crippen molar-refractivity contribution in [1.82, 2.24) is 5.01 Å². The number of carbonyl (C=O) groups excluding carboxylic acids is 1. The van der Waals surface area contributed by atoms with Gasteiger partial charge in [0.1, 0.15) is 11.6 Å². The van der Waals surface area contributed by atoms with Gasteiger partial charge in [0.25, 0.3) is 5.91 Å². The van der Waals surface area contributed by atoms with Gasteiger partial charge in [-0.15, -0.1) is 5.10 Å². The molecule has 1 amide bonds. The molecule has 1 atom stereocenters. The van der Waals surface area contributed by atoms with E-state index in [1.54, 1.807) is 50.2 Å². The molecular formula is C27H27F2N3O2. The Balaban J connectivity index is 1.89. The third-order valence-electron chi connectivity index (χ3n) is 6.12. The van der Waals surface area contributed by atoms with Gasteiger partial charge in [0.15, 0.2) is 0 Å². The molecule has 5 nitrogen and oxygen atoms in total. The second-order valence-electron chi connectivity index (χ2n) is 8.75. The Morgan fingerprint density at radius 2 is 1.59 bits per heavy atom. The molecule has 0 saturated carbocycles. The third kappa shape index (κ3) is 4.07. The van der Waals surface area contributed by atoms with Gasteiger partial charge in [-0.25, -0.2) is 8.78 Å². The van der Waals surface area contributed by atoms with Gasteiger partial charge in [-0.1, -0.05) is 60.7 Å². The Morgan fingerprint density at radius 1 is 0.971 bits per heavy atom. The van der Waals surface area contributed by atoms with Crippen molar-refractivity contribution in [3.63, 3.8) is 0 Å². The molecule has 176 valence electrons. The Morgan fingerprint density at radius 3 is 2.24 bits per heavy atom. The molecule has 0 spiro atoms. The van der Waals surface area contributed by atoms with Gasteiger partial charge in [-0.05, 0) is 45.0 Å². The highest BCUT2D eigenvalue weighted by Crippen LogP contribution is 2.43. The fourth-order valence-electron chi connectivity index (χ4n) is 4.22. The van der Waals surface area contributed by atoms with Crippen LogP contribution in [0, 0.1) is 11.6 Å². The molecule has 0 aromatic heterocycles. The van der Waals surface area contributed by atoms with E-state index in [4.69, 9.17) is 10.5 Å². The maximum atomic E-state index is 14.7. The molecule has 34 heavy (non-hydrogen) atoms. The number of hydrogen-bond acceptors (Lipinski definition) is 4. The topological polar surface area (TPSA) is 67.9 Å². The molecule has 1 unspecified atom stereocenters. The monoisotopic (exact) mass is 463 g/mol. The van der Waals surface area contributed by atoms with Crippen LogP contribution in [0.4, 0.5) is 8.78 Å². The molecule has 0 saturated heterocycles. The highest BCUT2D eigenvalue weighted by Gasteiger charge is 2.53. The largest absolute Gasteiger partial charge is 0.443 e. The Hall–Kier alpha value is -3.58.